The molecular weight excluding hydrogens is 477 g/mol. The number of anilines is 2. The van der Waals surface area contributed by atoms with E-state index in [-0.39, 0.29) is 21.8 Å². The lowest BCUT2D eigenvalue weighted by atomic mass is 10.1. The van der Waals surface area contributed by atoms with E-state index in [4.69, 9.17) is 4.74 Å². The number of nitro groups is 1. The minimum absolute atomic E-state index is 0.105. The number of sulfonamides is 1. The predicted octanol–water partition coefficient (Wildman–Crippen LogP) is 4.87. The van der Waals surface area contributed by atoms with E-state index in [1.54, 1.807) is 0 Å². The third-order valence-electron chi connectivity index (χ3n) is 4.43. The Morgan fingerprint density at radius 3 is 2.38 bits per heavy atom. The summed E-state index contributed by atoms with van der Waals surface area (Å²) in [7, 11) is -2.70. The van der Waals surface area contributed by atoms with Crippen LogP contribution in [0.15, 0.2) is 76.7 Å². The van der Waals surface area contributed by atoms with Crippen molar-refractivity contribution in [3.05, 3.63) is 88.0 Å². The molecule has 0 aliphatic heterocycles. The lowest BCUT2D eigenvalue weighted by Gasteiger charge is -2.10. The average Bonchev–Trinajstić information content (AvgIpc) is 2.79. The first-order valence-electron chi connectivity index (χ1n) is 9.41. The summed E-state index contributed by atoms with van der Waals surface area (Å²) < 4.78 is 71.0. The molecule has 3 aromatic carbocycles. The first-order chi connectivity index (χ1) is 16.0. The fourth-order valence-corrected chi connectivity index (χ4v) is 3.85. The van der Waals surface area contributed by atoms with E-state index in [1.807, 2.05) is 0 Å². The maximum atomic E-state index is 12.8. The molecule has 0 amide bonds. The molecular formula is C21H17F3N4O5S. The van der Waals surface area contributed by atoms with Crippen LogP contribution in [0.4, 0.5) is 30.2 Å². The van der Waals surface area contributed by atoms with Crippen LogP contribution in [0.3, 0.4) is 0 Å². The number of alkyl halides is 3. The molecule has 0 fully saturated rings. The molecule has 0 atom stereocenters. The van der Waals surface area contributed by atoms with Crippen molar-refractivity contribution in [1.29, 1.82) is 0 Å². The van der Waals surface area contributed by atoms with Gasteiger partial charge in [0.25, 0.3) is 15.7 Å². The van der Waals surface area contributed by atoms with Gasteiger partial charge in [0.2, 0.25) is 0 Å². The Balaban J connectivity index is 1.81. The van der Waals surface area contributed by atoms with Crippen LogP contribution >= 0.6 is 0 Å². The molecule has 9 nitrogen and oxygen atoms in total. The predicted molar refractivity (Wildman–Crippen MR) is 120 cm³/mol. The first kappa shape index (κ1) is 24.5. The summed E-state index contributed by atoms with van der Waals surface area (Å²) in [5, 5.41) is 15.2. The Hall–Kier alpha value is -4.13. The number of methoxy groups -OCH3 is 1. The van der Waals surface area contributed by atoms with E-state index in [1.165, 1.54) is 43.5 Å². The van der Waals surface area contributed by atoms with Gasteiger partial charge in [-0.2, -0.15) is 18.3 Å². The van der Waals surface area contributed by atoms with Gasteiger partial charge in [-0.1, -0.05) is 12.1 Å². The Kier molecular flexibility index (Phi) is 7.05. The second-order valence-electron chi connectivity index (χ2n) is 6.76. The first-order valence-corrected chi connectivity index (χ1v) is 10.9. The second-order valence-corrected chi connectivity index (χ2v) is 8.45. The van der Waals surface area contributed by atoms with Gasteiger partial charge in [-0.3, -0.25) is 20.3 Å². The molecule has 3 aromatic rings. The van der Waals surface area contributed by atoms with Gasteiger partial charge in [0.1, 0.15) is 11.4 Å². The minimum Gasteiger partial charge on any atom is -0.497 e. The van der Waals surface area contributed by atoms with E-state index in [2.05, 4.69) is 15.2 Å². The van der Waals surface area contributed by atoms with Crippen molar-refractivity contribution in [2.45, 2.75) is 11.1 Å². The number of nitro benzene ring substituents is 1. The molecule has 0 heterocycles. The van der Waals surface area contributed by atoms with E-state index < -0.39 is 32.4 Å². The Labute approximate surface area is 192 Å². The highest BCUT2D eigenvalue weighted by Gasteiger charge is 2.30. The lowest BCUT2D eigenvalue weighted by Crippen LogP contribution is -2.13. The highest BCUT2D eigenvalue weighted by molar-refractivity contribution is 7.92. The number of benzene rings is 3. The minimum atomic E-state index is -4.53. The van der Waals surface area contributed by atoms with Gasteiger partial charge in [-0.15, -0.1) is 0 Å². The monoisotopic (exact) mass is 494 g/mol. The highest BCUT2D eigenvalue weighted by atomic mass is 32.2. The van der Waals surface area contributed by atoms with Gasteiger partial charge in [0, 0.05) is 11.8 Å². The number of nitrogens with zero attached hydrogens (tertiary/aromatic N) is 2. The fourth-order valence-electron chi connectivity index (χ4n) is 2.77. The maximum Gasteiger partial charge on any atom is 0.416 e. The number of halogens is 3. The number of rotatable bonds is 8. The largest absolute Gasteiger partial charge is 0.497 e. The molecule has 0 saturated heterocycles. The van der Waals surface area contributed by atoms with Crippen LogP contribution < -0.4 is 14.9 Å². The molecule has 0 aromatic heterocycles. The third-order valence-corrected chi connectivity index (χ3v) is 5.81. The average molecular weight is 494 g/mol. The summed E-state index contributed by atoms with van der Waals surface area (Å²) in [6.07, 6.45) is -3.48. The molecule has 13 heteroatoms. The summed E-state index contributed by atoms with van der Waals surface area (Å²) in [5.74, 6) is 0.514. The van der Waals surface area contributed by atoms with Crippen molar-refractivity contribution in [2.75, 3.05) is 17.3 Å². The van der Waals surface area contributed by atoms with Crippen LogP contribution in [0.1, 0.15) is 11.1 Å². The molecule has 0 aliphatic rings. The van der Waals surface area contributed by atoms with E-state index in [0.29, 0.717) is 5.75 Å². The summed E-state index contributed by atoms with van der Waals surface area (Å²) in [6.45, 7) is 0. The lowest BCUT2D eigenvalue weighted by molar-refractivity contribution is -0.384. The van der Waals surface area contributed by atoms with E-state index in [0.717, 1.165) is 36.5 Å². The molecule has 2 N–H and O–H groups in total. The fraction of sp³-hybridized carbons (Fsp3) is 0.0952. The number of nitrogens with one attached hydrogen (secondary N) is 2. The van der Waals surface area contributed by atoms with Gasteiger partial charge < -0.3 is 4.74 Å². The van der Waals surface area contributed by atoms with Gasteiger partial charge in [0.15, 0.2) is 0 Å². The van der Waals surface area contributed by atoms with Gasteiger partial charge >= 0.3 is 6.18 Å². The molecule has 178 valence electrons. The molecule has 3 rings (SSSR count). The summed E-state index contributed by atoms with van der Waals surface area (Å²) in [5.41, 5.74) is 1.06. The quantitative estimate of drug-likeness (QED) is 0.262. The van der Waals surface area contributed by atoms with Crippen LogP contribution in [-0.4, -0.2) is 26.7 Å². The van der Waals surface area contributed by atoms with Crippen molar-refractivity contribution in [2.24, 2.45) is 5.10 Å². The van der Waals surface area contributed by atoms with E-state index >= 15 is 0 Å². The van der Waals surface area contributed by atoms with Crippen molar-refractivity contribution < 1.29 is 31.2 Å². The van der Waals surface area contributed by atoms with Crippen LogP contribution in [-0.2, 0) is 16.2 Å². The Morgan fingerprint density at radius 2 is 1.76 bits per heavy atom. The molecule has 0 radical (unpaired) electrons. The smallest absolute Gasteiger partial charge is 0.416 e. The maximum absolute atomic E-state index is 12.8. The van der Waals surface area contributed by atoms with Crippen LogP contribution in [0.2, 0.25) is 0 Å². The Morgan fingerprint density at radius 1 is 1.06 bits per heavy atom. The van der Waals surface area contributed by atoms with Crippen molar-refractivity contribution in [3.63, 3.8) is 0 Å². The van der Waals surface area contributed by atoms with Gasteiger partial charge in [-0.25, -0.2) is 8.42 Å². The number of hydrazone groups is 1. The van der Waals surface area contributed by atoms with Gasteiger partial charge in [0.05, 0.1) is 28.7 Å². The molecule has 0 spiro atoms. The molecule has 0 aliphatic carbocycles. The van der Waals surface area contributed by atoms with Crippen LogP contribution in [0.25, 0.3) is 0 Å². The third kappa shape index (κ3) is 6.01. The summed E-state index contributed by atoms with van der Waals surface area (Å²) in [6, 6.07) is 13.4. The molecule has 0 bridgehead atoms. The summed E-state index contributed by atoms with van der Waals surface area (Å²) >= 11 is 0. The van der Waals surface area contributed by atoms with Crippen molar-refractivity contribution >= 4 is 33.3 Å². The van der Waals surface area contributed by atoms with Crippen molar-refractivity contribution in [3.8, 4) is 5.75 Å². The zero-order chi connectivity index (χ0) is 24.9. The number of ether oxygens (including phenoxy) is 1. The normalized spacial score (nSPS) is 11.9. The SMILES string of the molecule is COc1ccc(NS(=O)(=O)c2ccc(N/N=C\c3cccc(C(F)(F)F)c3)c([N+](=O)[O-])c2)cc1. The van der Waals surface area contributed by atoms with Gasteiger partial charge in [-0.05, 0) is 54.1 Å². The van der Waals surface area contributed by atoms with Crippen molar-refractivity contribution in [1.82, 2.24) is 0 Å². The molecule has 0 unspecified atom stereocenters. The zero-order valence-electron chi connectivity index (χ0n) is 17.4. The van der Waals surface area contributed by atoms with E-state index in [9.17, 15) is 31.7 Å². The number of hydrogen-bond donors (Lipinski definition) is 2. The van der Waals surface area contributed by atoms with Crippen LogP contribution in [0.5, 0.6) is 5.75 Å². The molecule has 34 heavy (non-hydrogen) atoms. The highest BCUT2D eigenvalue weighted by Crippen LogP contribution is 2.30. The number of hydrogen-bond acceptors (Lipinski definition) is 7. The summed E-state index contributed by atoms with van der Waals surface area (Å²) in [4.78, 5) is 10.3. The standard InChI is InChI=1S/C21H17F3N4O5S/c1-33-17-7-5-16(6-8-17)27-34(31,32)18-9-10-19(20(12-18)28(29)30)26-25-13-14-3-2-4-15(11-14)21(22,23)24/h2-13,26-27H,1H3/b25-13-. The zero-order valence-corrected chi connectivity index (χ0v) is 18.2. The molecule has 0 saturated carbocycles. The Bertz CT molecular complexity index is 1330. The van der Waals surface area contributed by atoms with Crippen LogP contribution in [0, 0.1) is 10.1 Å². The topological polar surface area (TPSA) is 123 Å². The second kappa shape index (κ2) is 9.79.